The lowest BCUT2D eigenvalue weighted by Crippen LogP contribution is -2.38. The van der Waals surface area contributed by atoms with Crippen molar-refractivity contribution in [2.24, 2.45) is 23.7 Å². The van der Waals surface area contributed by atoms with Crippen LogP contribution in [0.4, 0.5) is 5.69 Å². The predicted octanol–water partition coefficient (Wildman–Crippen LogP) is 3.04. The van der Waals surface area contributed by atoms with E-state index in [0.29, 0.717) is 10.7 Å². The van der Waals surface area contributed by atoms with E-state index in [-0.39, 0.29) is 35.5 Å². The van der Waals surface area contributed by atoms with Gasteiger partial charge in [0.2, 0.25) is 11.8 Å². The number of nitrogens with zero attached hydrogens (tertiary/aromatic N) is 1. The fourth-order valence-corrected chi connectivity index (χ4v) is 4.16. The summed E-state index contributed by atoms with van der Waals surface area (Å²) < 4.78 is 0. The first-order valence-corrected chi connectivity index (χ1v) is 7.37. The van der Waals surface area contributed by atoms with E-state index >= 15 is 0 Å². The first kappa shape index (κ1) is 12.2. The molecule has 2 amide bonds. The van der Waals surface area contributed by atoms with Gasteiger partial charge in [-0.15, -0.1) is 0 Å². The molecule has 3 aliphatic carbocycles. The monoisotopic (exact) mass is 287 g/mol. The van der Waals surface area contributed by atoms with Crippen LogP contribution >= 0.6 is 11.6 Å². The number of anilines is 1. The molecule has 0 aromatic heterocycles. The standard InChI is InChI=1S/C16H14ClNO2/c17-11-3-1-2-4-12(11)18-15(19)13-9-5-6-10(8-7-9)14(13)16(18)20/h1-6,9-10,13-14H,7-8H2/t9-,10+,13?,14?. The van der Waals surface area contributed by atoms with Gasteiger partial charge in [-0.2, -0.15) is 0 Å². The van der Waals surface area contributed by atoms with Crippen molar-refractivity contribution in [3.05, 3.63) is 41.4 Å². The quantitative estimate of drug-likeness (QED) is 0.588. The number of imide groups is 1. The van der Waals surface area contributed by atoms with Crippen molar-refractivity contribution in [1.82, 2.24) is 0 Å². The summed E-state index contributed by atoms with van der Waals surface area (Å²) in [5, 5.41) is 0.452. The van der Waals surface area contributed by atoms with Gasteiger partial charge in [0.1, 0.15) is 0 Å². The number of carbonyl (C=O) groups excluding carboxylic acids is 2. The van der Waals surface area contributed by atoms with Crippen LogP contribution in [0.1, 0.15) is 12.8 Å². The third-order valence-electron chi connectivity index (χ3n) is 4.85. The molecular formula is C16H14ClNO2. The molecule has 1 aromatic rings. The second kappa shape index (κ2) is 4.19. The predicted molar refractivity (Wildman–Crippen MR) is 76.3 cm³/mol. The molecule has 4 atom stereocenters. The Morgan fingerprint density at radius 2 is 1.50 bits per heavy atom. The summed E-state index contributed by atoms with van der Waals surface area (Å²) in [6.07, 6.45) is 6.27. The number of fused-ring (bicyclic) bond motifs is 1. The normalized spacial score (nSPS) is 34.8. The minimum Gasteiger partial charge on any atom is -0.274 e. The van der Waals surface area contributed by atoms with Crippen molar-refractivity contribution in [1.29, 1.82) is 0 Å². The van der Waals surface area contributed by atoms with Gasteiger partial charge in [0.25, 0.3) is 0 Å². The second-order valence-electron chi connectivity index (χ2n) is 5.80. The van der Waals surface area contributed by atoms with Gasteiger partial charge in [-0.05, 0) is 36.8 Å². The van der Waals surface area contributed by atoms with E-state index in [1.807, 2.05) is 0 Å². The summed E-state index contributed by atoms with van der Waals surface area (Å²) >= 11 is 6.16. The first-order valence-electron chi connectivity index (χ1n) is 6.99. The number of para-hydroxylation sites is 1. The van der Waals surface area contributed by atoms with E-state index in [0.717, 1.165) is 12.8 Å². The van der Waals surface area contributed by atoms with Crippen molar-refractivity contribution in [2.45, 2.75) is 12.8 Å². The molecule has 4 heteroatoms. The summed E-state index contributed by atoms with van der Waals surface area (Å²) in [5.74, 6) is -0.0766. The van der Waals surface area contributed by atoms with E-state index in [1.165, 1.54) is 4.90 Å². The minimum atomic E-state index is -0.178. The maximum atomic E-state index is 12.7. The molecule has 1 aliphatic heterocycles. The molecule has 0 N–H and O–H groups in total. The van der Waals surface area contributed by atoms with Gasteiger partial charge in [-0.3, -0.25) is 9.59 Å². The molecule has 4 aliphatic rings. The number of halogens is 1. The molecule has 0 spiro atoms. The van der Waals surface area contributed by atoms with Crippen molar-refractivity contribution in [3.63, 3.8) is 0 Å². The smallest absolute Gasteiger partial charge is 0.238 e. The van der Waals surface area contributed by atoms with Crippen LogP contribution in [0, 0.1) is 23.7 Å². The summed E-state index contributed by atoms with van der Waals surface area (Å²) in [7, 11) is 0. The third kappa shape index (κ3) is 1.47. The van der Waals surface area contributed by atoms with Gasteiger partial charge in [-0.1, -0.05) is 35.9 Å². The van der Waals surface area contributed by atoms with Crippen LogP contribution in [0.3, 0.4) is 0 Å². The van der Waals surface area contributed by atoms with E-state index in [4.69, 9.17) is 11.6 Å². The van der Waals surface area contributed by atoms with E-state index in [2.05, 4.69) is 12.2 Å². The summed E-state index contributed by atoms with van der Waals surface area (Å²) in [5.41, 5.74) is 0.526. The van der Waals surface area contributed by atoms with Crippen molar-refractivity contribution in [2.75, 3.05) is 4.90 Å². The third-order valence-corrected chi connectivity index (χ3v) is 5.17. The van der Waals surface area contributed by atoms with Crippen LogP contribution in [0.15, 0.2) is 36.4 Å². The molecule has 5 rings (SSSR count). The van der Waals surface area contributed by atoms with Gasteiger partial charge in [0.05, 0.1) is 22.5 Å². The molecular weight excluding hydrogens is 274 g/mol. The lowest BCUT2D eigenvalue weighted by molar-refractivity contribution is -0.124. The zero-order valence-electron chi connectivity index (χ0n) is 10.8. The Morgan fingerprint density at radius 3 is 2.00 bits per heavy atom. The highest BCUT2D eigenvalue weighted by Gasteiger charge is 2.57. The fourth-order valence-electron chi connectivity index (χ4n) is 3.94. The van der Waals surface area contributed by atoms with Crippen LogP contribution in [-0.4, -0.2) is 11.8 Å². The molecule has 1 saturated heterocycles. The SMILES string of the molecule is O=C1C2C(C(=O)N1c1ccccc1Cl)[C@H]1C=C[C@@H]2CC1. The van der Waals surface area contributed by atoms with Crippen LogP contribution in [-0.2, 0) is 9.59 Å². The van der Waals surface area contributed by atoms with E-state index in [1.54, 1.807) is 24.3 Å². The highest BCUT2D eigenvalue weighted by molar-refractivity contribution is 6.36. The van der Waals surface area contributed by atoms with Crippen molar-refractivity contribution < 1.29 is 9.59 Å². The first-order chi connectivity index (χ1) is 9.68. The Labute approximate surface area is 122 Å². The maximum absolute atomic E-state index is 12.7. The van der Waals surface area contributed by atoms with E-state index < -0.39 is 0 Å². The van der Waals surface area contributed by atoms with Crippen molar-refractivity contribution >= 4 is 29.1 Å². The van der Waals surface area contributed by atoms with Crippen LogP contribution < -0.4 is 4.90 Å². The zero-order chi connectivity index (χ0) is 13.9. The Morgan fingerprint density at radius 1 is 0.950 bits per heavy atom. The molecule has 20 heavy (non-hydrogen) atoms. The highest BCUT2D eigenvalue weighted by Crippen LogP contribution is 2.50. The number of hydrogen-bond donors (Lipinski definition) is 0. The molecule has 3 nitrogen and oxygen atoms in total. The van der Waals surface area contributed by atoms with E-state index in [9.17, 15) is 9.59 Å². The lowest BCUT2D eigenvalue weighted by atomic mass is 9.63. The highest BCUT2D eigenvalue weighted by atomic mass is 35.5. The molecule has 102 valence electrons. The molecule has 1 saturated carbocycles. The number of amides is 2. The van der Waals surface area contributed by atoms with Gasteiger partial charge in [0, 0.05) is 0 Å². The Hall–Kier alpha value is -1.61. The summed E-state index contributed by atoms with van der Waals surface area (Å²) in [6.45, 7) is 0. The molecule has 2 fully saturated rings. The molecule has 2 bridgehead atoms. The Bertz CT molecular complexity index is 607. The average Bonchev–Trinajstić information content (AvgIpc) is 2.75. The second-order valence-corrected chi connectivity index (χ2v) is 6.21. The number of carbonyl (C=O) groups is 2. The molecule has 1 aromatic carbocycles. The molecule has 2 unspecified atom stereocenters. The summed E-state index contributed by atoms with van der Waals surface area (Å²) in [4.78, 5) is 26.7. The number of hydrogen-bond acceptors (Lipinski definition) is 2. The number of rotatable bonds is 1. The largest absolute Gasteiger partial charge is 0.274 e. The summed E-state index contributed by atoms with van der Waals surface area (Å²) in [6, 6.07) is 7.06. The molecule has 1 heterocycles. The van der Waals surface area contributed by atoms with Crippen LogP contribution in [0.25, 0.3) is 0 Å². The number of allylic oxidation sites excluding steroid dienone is 2. The minimum absolute atomic E-state index is 0.0767. The van der Waals surface area contributed by atoms with Gasteiger partial charge in [-0.25, -0.2) is 4.90 Å². The molecule has 0 radical (unpaired) electrons. The van der Waals surface area contributed by atoms with Gasteiger partial charge < -0.3 is 0 Å². The van der Waals surface area contributed by atoms with Crippen LogP contribution in [0.2, 0.25) is 5.02 Å². The Balaban J connectivity index is 1.80. The van der Waals surface area contributed by atoms with Crippen LogP contribution in [0.5, 0.6) is 0 Å². The maximum Gasteiger partial charge on any atom is 0.238 e. The Kier molecular flexibility index (Phi) is 2.55. The zero-order valence-corrected chi connectivity index (χ0v) is 11.6. The topological polar surface area (TPSA) is 37.4 Å². The number of benzene rings is 1. The lowest BCUT2D eigenvalue weighted by Gasteiger charge is -2.38. The van der Waals surface area contributed by atoms with Gasteiger partial charge >= 0.3 is 0 Å². The van der Waals surface area contributed by atoms with Gasteiger partial charge in [0.15, 0.2) is 0 Å². The average molecular weight is 288 g/mol. The van der Waals surface area contributed by atoms with Crippen molar-refractivity contribution in [3.8, 4) is 0 Å². The fraction of sp³-hybridized carbons (Fsp3) is 0.375.